The smallest absolute Gasteiger partial charge is 0.258 e. The van der Waals surface area contributed by atoms with Crippen LogP contribution in [0.2, 0.25) is 0 Å². The lowest BCUT2D eigenvalue weighted by atomic mass is 9.89. The molecule has 1 aromatic rings. The van der Waals surface area contributed by atoms with Gasteiger partial charge in [-0.3, -0.25) is 24.5 Å². The van der Waals surface area contributed by atoms with Crippen LogP contribution in [0.5, 0.6) is 0 Å². The molecule has 2 saturated heterocycles. The molecule has 3 unspecified atom stereocenters. The molecule has 0 aromatic heterocycles. The van der Waals surface area contributed by atoms with Crippen molar-refractivity contribution in [3.63, 3.8) is 0 Å². The number of carbonyl (C=O) groups is 3. The molecule has 2 aliphatic heterocycles. The first-order valence-electron chi connectivity index (χ1n) is 7.02. The van der Waals surface area contributed by atoms with Gasteiger partial charge in [0.2, 0.25) is 11.8 Å². The van der Waals surface area contributed by atoms with E-state index in [2.05, 4.69) is 5.32 Å². The van der Waals surface area contributed by atoms with Crippen LogP contribution in [0.25, 0.3) is 0 Å². The minimum atomic E-state index is -0.904. The number of hydrogen-bond acceptors (Lipinski definition) is 5. The quantitative estimate of drug-likeness (QED) is 0.748. The third-order valence-corrected chi connectivity index (χ3v) is 4.22. The molecular weight excluding hydrogens is 286 g/mol. The molecule has 3 rings (SSSR count). The molecular formula is C15H17N3O4. The van der Waals surface area contributed by atoms with Gasteiger partial charge in [-0.1, -0.05) is 18.2 Å². The molecule has 0 radical (unpaired) electrons. The maximum atomic E-state index is 12.1. The summed E-state index contributed by atoms with van der Waals surface area (Å²) in [5, 5.41) is 3.62. The second-order valence-electron chi connectivity index (χ2n) is 5.74. The minimum Gasteiger partial charge on any atom is -0.368 e. The Morgan fingerprint density at radius 1 is 1.27 bits per heavy atom. The van der Waals surface area contributed by atoms with Crippen LogP contribution < -0.4 is 11.1 Å². The molecule has 2 fully saturated rings. The SMILES string of the molecule is Cc1ccc(C2C3C(=O)NC(=O)C3ON2CC(N)=O)cc1C. The Bertz CT molecular complexity index is 673. The van der Waals surface area contributed by atoms with Crippen molar-refractivity contribution in [2.24, 2.45) is 11.7 Å². The van der Waals surface area contributed by atoms with Crippen LogP contribution in [0.4, 0.5) is 0 Å². The van der Waals surface area contributed by atoms with Crippen LogP contribution in [0.15, 0.2) is 18.2 Å². The van der Waals surface area contributed by atoms with Crippen LogP contribution >= 0.6 is 0 Å². The Kier molecular flexibility index (Phi) is 3.46. The zero-order valence-electron chi connectivity index (χ0n) is 12.3. The first-order valence-corrected chi connectivity index (χ1v) is 7.02. The first kappa shape index (κ1) is 14.7. The number of nitrogens with two attached hydrogens (primary N) is 1. The second kappa shape index (κ2) is 5.19. The molecule has 7 nitrogen and oxygen atoms in total. The van der Waals surface area contributed by atoms with Gasteiger partial charge in [-0.2, -0.15) is 5.06 Å². The summed E-state index contributed by atoms with van der Waals surface area (Å²) in [6, 6.07) is 5.25. The number of hydrogen-bond donors (Lipinski definition) is 2. The predicted molar refractivity (Wildman–Crippen MR) is 76.1 cm³/mol. The molecule has 3 atom stereocenters. The summed E-state index contributed by atoms with van der Waals surface area (Å²) >= 11 is 0. The standard InChI is InChI=1S/C15H17N3O4/c1-7-3-4-9(5-8(7)2)12-11-13(15(21)17-14(11)20)22-18(12)6-10(16)19/h3-5,11-13H,6H2,1-2H3,(H2,16,19)(H,17,20,21). The highest BCUT2D eigenvalue weighted by Crippen LogP contribution is 2.42. The van der Waals surface area contributed by atoms with Crippen molar-refractivity contribution < 1.29 is 19.2 Å². The van der Waals surface area contributed by atoms with E-state index in [0.29, 0.717) is 0 Å². The summed E-state index contributed by atoms with van der Waals surface area (Å²) < 4.78 is 0. The van der Waals surface area contributed by atoms with Crippen LogP contribution in [0, 0.1) is 19.8 Å². The third-order valence-electron chi connectivity index (χ3n) is 4.22. The van der Waals surface area contributed by atoms with Crippen molar-refractivity contribution in [3.05, 3.63) is 34.9 Å². The molecule has 0 bridgehead atoms. The van der Waals surface area contributed by atoms with E-state index in [4.69, 9.17) is 10.6 Å². The minimum absolute atomic E-state index is 0.175. The Morgan fingerprint density at radius 3 is 2.64 bits per heavy atom. The van der Waals surface area contributed by atoms with Crippen molar-refractivity contribution in [1.82, 2.24) is 10.4 Å². The Morgan fingerprint density at radius 2 is 2.00 bits per heavy atom. The number of aryl methyl sites for hydroxylation is 2. The van der Waals surface area contributed by atoms with E-state index in [-0.39, 0.29) is 12.5 Å². The topological polar surface area (TPSA) is 102 Å². The average molecular weight is 303 g/mol. The highest BCUT2D eigenvalue weighted by Gasteiger charge is 2.56. The number of benzene rings is 1. The average Bonchev–Trinajstić information content (AvgIpc) is 2.92. The lowest BCUT2D eigenvalue weighted by Gasteiger charge is -2.24. The largest absolute Gasteiger partial charge is 0.368 e. The van der Waals surface area contributed by atoms with Gasteiger partial charge < -0.3 is 5.73 Å². The van der Waals surface area contributed by atoms with Crippen LogP contribution in [0.3, 0.4) is 0 Å². The number of primary amides is 1. The van der Waals surface area contributed by atoms with E-state index >= 15 is 0 Å². The van der Waals surface area contributed by atoms with Gasteiger partial charge in [0.15, 0.2) is 6.10 Å². The summed E-state index contributed by atoms with van der Waals surface area (Å²) in [4.78, 5) is 40.6. The molecule has 1 aromatic carbocycles. The molecule has 2 heterocycles. The summed E-state index contributed by atoms with van der Waals surface area (Å²) in [7, 11) is 0. The monoisotopic (exact) mass is 303 g/mol. The predicted octanol–water partition coefficient (Wildman–Crippen LogP) is -0.282. The fourth-order valence-electron chi connectivity index (χ4n) is 3.00. The fraction of sp³-hybridized carbons (Fsp3) is 0.400. The zero-order chi connectivity index (χ0) is 16.0. The number of nitrogens with zero attached hydrogens (tertiary/aromatic N) is 1. The van der Waals surface area contributed by atoms with Crippen LogP contribution in [-0.2, 0) is 19.2 Å². The van der Waals surface area contributed by atoms with Gasteiger partial charge in [0.05, 0.1) is 12.0 Å². The third kappa shape index (κ3) is 2.28. The van der Waals surface area contributed by atoms with Gasteiger partial charge in [0.1, 0.15) is 6.54 Å². The van der Waals surface area contributed by atoms with E-state index in [1.165, 1.54) is 5.06 Å². The van der Waals surface area contributed by atoms with Crippen LogP contribution in [-0.4, -0.2) is 35.4 Å². The molecule has 22 heavy (non-hydrogen) atoms. The van der Waals surface area contributed by atoms with Crippen molar-refractivity contribution >= 4 is 17.7 Å². The van der Waals surface area contributed by atoms with Gasteiger partial charge in [-0.15, -0.1) is 0 Å². The summed E-state index contributed by atoms with van der Waals surface area (Å²) in [6.07, 6.45) is -0.904. The number of carbonyl (C=O) groups excluding carboxylic acids is 3. The van der Waals surface area contributed by atoms with E-state index < -0.39 is 29.9 Å². The van der Waals surface area contributed by atoms with Gasteiger partial charge in [-0.05, 0) is 30.5 Å². The van der Waals surface area contributed by atoms with Gasteiger partial charge in [0, 0.05) is 0 Å². The number of nitrogens with one attached hydrogen (secondary N) is 1. The molecule has 7 heteroatoms. The summed E-state index contributed by atoms with van der Waals surface area (Å²) in [6.45, 7) is 3.77. The van der Waals surface area contributed by atoms with Crippen molar-refractivity contribution in [2.75, 3.05) is 6.54 Å². The molecule has 2 aliphatic rings. The molecule has 116 valence electrons. The molecule has 3 N–H and O–H groups in total. The van der Waals surface area contributed by atoms with E-state index in [1.807, 2.05) is 32.0 Å². The Labute approximate surface area is 127 Å². The number of imide groups is 1. The van der Waals surface area contributed by atoms with Gasteiger partial charge in [-0.25, -0.2) is 0 Å². The van der Waals surface area contributed by atoms with Crippen molar-refractivity contribution in [1.29, 1.82) is 0 Å². The van der Waals surface area contributed by atoms with Gasteiger partial charge >= 0.3 is 0 Å². The van der Waals surface area contributed by atoms with Crippen molar-refractivity contribution in [3.8, 4) is 0 Å². The van der Waals surface area contributed by atoms with E-state index in [9.17, 15) is 14.4 Å². The molecule has 3 amide bonds. The number of hydroxylamine groups is 2. The maximum Gasteiger partial charge on any atom is 0.258 e. The summed E-state index contributed by atoms with van der Waals surface area (Å²) in [5.41, 5.74) is 8.24. The van der Waals surface area contributed by atoms with Crippen molar-refractivity contribution in [2.45, 2.75) is 26.0 Å². The fourth-order valence-corrected chi connectivity index (χ4v) is 3.00. The maximum absolute atomic E-state index is 12.1. The van der Waals surface area contributed by atoms with E-state index in [0.717, 1.165) is 16.7 Å². The lowest BCUT2D eigenvalue weighted by molar-refractivity contribution is -0.176. The van der Waals surface area contributed by atoms with Crippen LogP contribution in [0.1, 0.15) is 22.7 Å². The van der Waals surface area contributed by atoms with Gasteiger partial charge in [0.25, 0.3) is 5.91 Å². The second-order valence-corrected chi connectivity index (χ2v) is 5.74. The number of rotatable bonds is 3. The first-order chi connectivity index (χ1) is 10.4. The Hall–Kier alpha value is -2.25. The number of fused-ring (bicyclic) bond motifs is 1. The zero-order valence-corrected chi connectivity index (χ0v) is 12.3. The number of amides is 3. The lowest BCUT2D eigenvalue weighted by Crippen LogP contribution is -2.37. The highest BCUT2D eigenvalue weighted by molar-refractivity contribution is 6.07. The summed E-state index contributed by atoms with van der Waals surface area (Å²) in [5.74, 6) is -2.11. The normalized spacial score (nSPS) is 27.8. The van der Waals surface area contributed by atoms with E-state index in [1.54, 1.807) is 0 Å². The Balaban J connectivity index is 2.02. The molecule has 0 aliphatic carbocycles. The molecule has 0 spiro atoms. The highest BCUT2D eigenvalue weighted by atomic mass is 16.7. The molecule has 0 saturated carbocycles.